The number of carbonyl (C=O) groups is 1. The summed E-state index contributed by atoms with van der Waals surface area (Å²) in [6.07, 6.45) is 4.79. The topological polar surface area (TPSA) is 42.4 Å². The predicted molar refractivity (Wildman–Crippen MR) is 90.0 cm³/mol. The molecule has 1 amide bonds. The van der Waals surface area contributed by atoms with Crippen molar-refractivity contribution in [1.82, 2.24) is 9.88 Å². The third-order valence-corrected chi connectivity index (χ3v) is 4.06. The first-order valence-corrected chi connectivity index (χ1v) is 7.86. The molecule has 1 aliphatic rings. The van der Waals surface area contributed by atoms with Gasteiger partial charge in [-0.25, -0.2) is 0 Å². The summed E-state index contributed by atoms with van der Waals surface area (Å²) in [4.78, 5) is 18.3. The van der Waals surface area contributed by atoms with Crippen molar-refractivity contribution in [1.29, 1.82) is 0 Å². The first-order chi connectivity index (χ1) is 11.2. The number of ether oxygens (including phenoxy) is 1. The summed E-state index contributed by atoms with van der Waals surface area (Å²) in [7, 11) is 0. The van der Waals surface area contributed by atoms with E-state index in [1.807, 2.05) is 42.5 Å². The molecule has 3 rings (SSSR count). The van der Waals surface area contributed by atoms with Crippen molar-refractivity contribution < 1.29 is 9.53 Å². The molecule has 4 nitrogen and oxygen atoms in total. The molecule has 1 unspecified atom stereocenters. The molecule has 1 aromatic heterocycles. The number of hydrogen-bond donors (Lipinski definition) is 0. The van der Waals surface area contributed by atoms with Gasteiger partial charge in [0.05, 0.1) is 18.8 Å². The van der Waals surface area contributed by atoms with E-state index < -0.39 is 0 Å². The first-order valence-electron chi connectivity index (χ1n) is 7.48. The second kappa shape index (κ2) is 7.40. The number of nitrogens with zero attached hydrogens (tertiary/aromatic N) is 2. The van der Waals surface area contributed by atoms with Crippen LogP contribution in [0.1, 0.15) is 17.4 Å². The van der Waals surface area contributed by atoms with Crippen LogP contribution in [0.25, 0.3) is 6.08 Å². The van der Waals surface area contributed by atoms with Gasteiger partial charge in [0.2, 0.25) is 5.91 Å². The van der Waals surface area contributed by atoms with Gasteiger partial charge in [0, 0.05) is 29.4 Å². The highest BCUT2D eigenvalue weighted by Crippen LogP contribution is 2.28. The van der Waals surface area contributed by atoms with E-state index in [2.05, 4.69) is 4.98 Å². The average molecular weight is 329 g/mol. The number of amides is 1. The van der Waals surface area contributed by atoms with Gasteiger partial charge >= 0.3 is 0 Å². The van der Waals surface area contributed by atoms with Crippen LogP contribution < -0.4 is 0 Å². The highest BCUT2D eigenvalue weighted by atomic mass is 35.5. The maximum absolute atomic E-state index is 12.4. The van der Waals surface area contributed by atoms with Crippen LogP contribution in [0.3, 0.4) is 0 Å². The van der Waals surface area contributed by atoms with Crippen molar-refractivity contribution in [3.05, 3.63) is 71.0 Å². The van der Waals surface area contributed by atoms with Crippen molar-refractivity contribution >= 4 is 23.6 Å². The Hall–Kier alpha value is -2.17. The average Bonchev–Trinajstić information content (AvgIpc) is 2.61. The van der Waals surface area contributed by atoms with E-state index in [0.717, 1.165) is 11.3 Å². The van der Waals surface area contributed by atoms with Crippen molar-refractivity contribution in [2.75, 3.05) is 19.7 Å². The molecule has 2 heterocycles. The van der Waals surface area contributed by atoms with Crippen molar-refractivity contribution in [3.63, 3.8) is 0 Å². The third-order valence-electron chi connectivity index (χ3n) is 3.71. The van der Waals surface area contributed by atoms with Gasteiger partial charge in [0.25, 0.3) is 0 Å². The Balaban J connectivity index is 1.68. The molecule has 1 atom stereocenters. The molecule has 1 fully saturated rings. The van der Waals surface area contributed by atoms with E-state index in [1.165, 1.54) is 0 Å². The van der Waals surface area contributed by atoms with E-state index in [-0.39, 0.29) is 12.0 Å². The van der Waals surface area contributed by atoms with Crippen molar-refractivity contribution in [3.8, 4) is 0 Å². The SMILES string of the molecule is O=C(/C=C/c1ccccn1)N1CCOC(c2ccccc2Cl)C1. The van der Waals surface area contributed by atoms with Gasteiger partial charge in [-0.15, -0.1) is 0 Å². The summed E-state index contributed by atoms with van der Waals surface area (Å²) in [5, 5.41) is 0.663. The van der Waals surface area contributed by atoms with Crippen LogP contribution in [0.5, 0.6) is 0 Å². The number of benzene rings is 1. The summed E-state index contributed by atoms with van der Waals surface area (Å²) >= 11 is 6.22. The Bertz CT molecular complexity index is 703. The lowest BCUT2D eigenvalue weighted by Gasteiger charge is -2.33. The van der Waals surface area contributed by atoms with E-state index >= 15 is 0 Å². The first kappa shape index (κ1) is 15.7. The monoisotopic (exact) mass is 328 g/mol. The maximum Gasteiger partial charge on any atom is 0.246 e. The second-order valence-electron chi connectivity index (χ2n) is 5.25. The normalized spacial score (nSPS) is 18.3. The van der Waals surface area contributed by atoms with E-state index in [9.17, 15) is 4.79 Å². The Kier molecular flexibility index (Phi) is 5.05. The lowest BCUT2D eigenvalue weighted by Crippen LogP contribution is -2.41. The van der Waals surface area contributed by atoms with Crippen LogP contribution in [0, 0.1) is 0 Å². The smallest absolute Gasteiger partial charge is 0.246 e. The van der Waals surface area contributed by atoms with E-state index in [1.54, 1.807) is 23.2 Å². The minimum Gasteiger partial charge on any atom is -0.370 e. The Morgan fingerprint density at radius 1 is 1.26 bits per heavy atom. The second-order valence-corrected chi connectivity index (χ2v) is 5.66. The highest BCUT2D eigenvalue weighted by molar-refractivity contribution is 6.31. The van der Waals surface area contributed by atoms with E-state index in [4.69, 9.17) is 16.3 Å². The van der Waals surface area contributed by atoms with Gasteiger partial charge in [-0.2, -0.15) is 0 Å². The number of rotatable bonds is 3. The lowest BCUT2D eigenvalue weighted by atomic mass is 10.1. The summed E-state index contributed by atoms with van der Waals surface area (Å²) in [6.45, 7) is 1.57. The summed E-state index contributed by atoms with van der Waals surface area (Å²) < 4.78 is 5.77. The molecule has 5 heteroatoms. The Labute approximate surface area is 140 Å². The Morgan fingerprint density at radius 3 is 2.87 bits per heavy atom. The molecule has 0 N–H and O–H groups in total. The van der Waals surface area contributed by atoms with Crippen LogP contribution in [0.2, 0.25) is 5.02 Å². The lowest BCUT2D eigenvalue weighted by molar-refractivity contribution is -0.133. The third kappa shape index (κ3) is 3.97. The van der Waals surface area contributed by atoms with Crippen LogP contribution >= 0.6 is 11.6 Å². The van der Waals surface area contributed by atoms with Gasteiger partial charge in [-0.3, -0.25) is 9.78 Å². The molecular formula is C18H17ClN2O2. The summed E-state index contributed by atoms with van der Waals surface area (Å²) in [6, 6.07) is 13.2. The largest absolute Gasteiger partial charge is 0.370 e. The standard InChI is InChI=1S/C18H17ClN2O2/c19-16-7-2-1-6-15(16)17-13-21(11-12-23-17)18(22)9-8-14-5-3-4-10-20-14/h1-10,17H,11-13H2/b9-8+. The summed E-state index contributed by atoms with van der Waals surface area (Å²) in [5.41, 5.74) is 1.68. The zero-order valence-electron chi connectivity index (χ0n) is 12.6. The zero-order valence-corrected chi connectivity index (χ0v) is 13.3. The van der Waals surface area contributed by atoms with Gasteiger partial charge in [0.1, 0.15) is 6.10 Å². The molecule has 0 saturated carbocycles. The number of carbonyl (C=O) groups excluding carboxylic acids is 1. The van der Waals surface area contributed by atoms with Crippen LogP contribution in [0.15, 0.2) is 54.7 Å². The zero-order chi connectivity index (χ0) is 16.1. The minimum absolute atomic E-state index is 0.0454. The fourth-order valence-electron chi connectivity index (χ4n) is 2.51. The number of aromatic nitrogens is 1. The molecular weight excluding hydrogens is 312 g/mol. The molecule has 0 spiro atoms. The number of halogens is 1. The fraction of sp³-hybridized carbons (Fsp3) is 0.222. The Morgan fingerprint density at radius 2 is 2.09 bits per heavy atom. The molecule has 1 saturated heterocycles. The quantitative estimate of drug-likeness (QED) is 0.811. The van der Waals surface area contributed by atoms with Gasteiger partial charge in [-0.1, -0.05) is 35.9 Å². The molecule has 0 aliphatic carbocycles. The molecule has 2 aromatic rings. The van der Waals surface area contributed by atoms with Gasteiger partial charge < -0.3 is 9.64 Å². The minimum atomic E-state index is -0.190. The predicted octanol–water partition coefficient (Wildman–Crippen LogP) is 3.35. The molecule has 0 bridgehead atoms. The maximum atomic E-state index is 12.4. The van der Waals surface area contributed by atoms with E-state index in [0.29, 0.717) is 24.7 Å². The molecule has 118 valence electrons. The fourth-order valence-corrected chi connectivity index (χ4v) is 2.77. The van der Waals surface area contributed by atoms with Crippen molar-refractivity contribution in [2.45, 2.75) is 6.10 Å². The number of morpholine rings is 1. The summed E-state index contributed by atoms with van der Waals surface area (Å²) in [5.74, 6) is -0.0454. The highest BCUT2D eigenvalue weighted by Gasteiger charge is 2.25. The molecule has 23 heavy (non-hydrogen) atoms. The number of pyridine rings is 1. The molecule has 0 radical (unpaired) electrons. The molecule has 1 aromatic carbocycles. The van der Waals surface area contributed by atoms with Crippen LogP contribution in [-0.4, -0.2) is 35.5 Å². The van der Waals surface area contributed by atoms with Crippen LogP contribution in [-0.2, 0) is 9.53 Å². The number of hydrogen-bond acceptors (Lipinski definition) is 3. The van der Waals surface area contributed by atoms with Crippen molar-refractivity contribution in [2.24, 2.45) is 0 Å². The van der Waals surface area contributed by atoms with Gasteiger partial charge in [-0.05, 0) is 24.3 Å². The molecule has 1 aliphatic heterocycles. The van der Waals surface area contributed by atoms with Crippen LogP contribution in [0.4, 0.5) is 0 Å². The van der Waals surface area contributed by atoms with Gasteiger partial charge in [0.15, 0.2) is 0 Å².